The average Bonchev–Trinajstić information content (AvgIpc) is 2.76. The lowest BCUT2D eigenvalue weighted by atomic mass is 10.0. The summed E-state index contributed by atoms with van der Waals surface area (Å²) in [4.78, 5) is 38.1. The molecule has 7 nitrogen and oxygen atoms in total. The molecule has 2 aromatic carbocycles. The quantitative estimate of drug-likeness (QED) is 0.507. The molecule has 0 heterocycles. The van der Waals surface area contributed by atoms with Crippen molar-refractivity contribution in [3.8, 4) is 0 Å². The number of amides is 1. The van der Waals surface area contributed by atoms with E-state index in [1.807, 2.05) is 60.7 Å². The van der Waals surface area contributed by atoms with E-state index in [1.165, 1.54) is 4.90 Å². The lowest BCUT2D eigenvalue weighted by Crippen LogP contribution is -2.51. The second-order valence-electron chi connectivity index (χ2n) is 7.29. The maximum Gasteiger partial charge on any atom is 0.323 e. The fourth-order valence-corrected chi connectivity index (χ4v) is 3.29. The Morgan fingerprint density at radius 1 is 1.00 bits per heavy atom. The fourth-order valence-electron chi connectivity index (χ4n) is 3.29. The van der Waals surface area contributed by atoms with Gasteiger partial charge in [-0.15, -0.1) is 0 Å². The van der Waals surface area contributed by atoms with Crippen LogP contribution in [0.2, 0.25) is 0 Å². The zero-order valence-electron chi connectivity index (χ0n) is 18.0. The van der Waals surface area contributed by atoms with Gasteiger partial charge in [0.2, 0.25) is 5.91 Å². The van der Waals surface area contributed by atoms with Gasteiger partial charge in [0.25, 0.3) is 0 Å². The van der Waals surface area contributed by atoms with Crippen LogP contribution >= 0.6 is 0 Å². The van der Waals surface area contributed by atoms with Gasteiger partial charge in [0, 0.05) is 6.54 Å². The van der Waals surface area contributed by atoms with E-state index in [0.29, 0.717) is 12.8 Å². The number of aliphatic carboxylic acids is 1. The number of hydrogen-bond donors (Lipinski definition) is 2. The smallest absolute Gasteiger partial charge is 0.323 e. The normalized spacial score (nSPS) is 12.6. The minimum absolute atomic E-state index is 0.173. The summed E-state index contributed by atoms with van der Waals surface area (Å²) in [5.41, 5.74) is 1.91. The van der Waals surface area contributed by atoms with Crippen LogP contribution in [0.3, 0.4) is 0 Å². The molecule has 0 aliphatic rings. The van der Waals surface area contributed by atoms with Crippen LogP contribution in [0.1, 0.15) is 31.4 Å². The largest absolute Gasteiger partial charge is 0.480 e. The molecule has 2 rings (SSSR count). The van der Waals surface area contributed by atoms with Gasteiger partial charge in [0.1, 0.15) is 12.6 Å². The predicted molar refractivity (Wildman–Crippen MR) is 117 cm³/mol. The molecule has 1 amide bonds. The Balaban J connectivity index is 2.08. The van der Waals surface area contributed by atoms with E-state index in [9.17, 15) is 19.5 Å². The van der Waals surface area contributed by atoms with Crippen LogP contribution < -0.4 is 5.32 Å². The summed E-state index contributed by atoms with van der Waals surface area (Å²) in [7, 11) is 0. The molecule has 2 unspecified atom stereocenters. The molecule has 0 bridgehead atoms. The SMILES string of the molecule is CCOC(=O)C(CCc1ccccc1)NC(C)C(=O)N(CC(=O)O)Cc1ccccc1. The molecule has 2 atom stereocenters. The third kappa shape index (κ3) is 8.22. The van der Waals surface area contributed by atoms with Crippen molar-refractivity contribution >= 4 is 17.8 Å². The topological polar surface area (TPSA) is 95.9 Å². The molecule has 0 spiro atoms. The highest BCUT2D eigenvalue weighted by molar-refractivity contribution is 5.86. The van der Waals surface area contributed by atoms with Crippen LogP contribution in [0.5, 0.6) is 0 Å². The molecule has 2 N–H and O–H groups in total. The highest BCUT2D eigenvalue weighted by Crippen LogP contribution is 2.10. The third-order valence-electron chi connectivity index (χ3n) is 4.81. The van der Waals surface area contributed by atoms with Gasteiger partial charge < -0.3 is 14.7 Å². The maximum atomic E-state index is 13.0. The van der Waals surface area contributed by atoms with Crippen LogP contribution in [0.4, 0.5) is 0 Å². The van der Waals surface area contributed by atoms with Crippen LogP contribution in [-0.4, -0.2) is 53.1 Å². The highest BCUT2D eigenvalue weighted by Gasteiger charge is 2.28. The van der Waals surface area contributed by atoms with Gasteiger partial charge >= 0.3 is 11.9 Å². The van der Waals surface area contributed by atoms with Crippen molar-refractivity contribution in [1.29, 1.82) is 0 Å². The summed E-state index contributed by atoms with van der Waals surface area (Å²) in [5.74, 6) is -1.91. The Kier molecular flexibility index (Phi) is 9.71. The molecule has 31 heavy (non-hydrogen) atoms. The van der Waals surface area contributed by atoms with Crippen LogP contribution in [-0.2, 0) is 32.1 Å². The number of nitrogens with zero attached hydrogens (tertiary/aromatic N) is 1. The van der Waals surface area contributed by atoms with Gasteiger partial charge in [-0.2, -0.15) is 0 Å². The number of carbonyl (C=O) groups excluding carboxylic acids is 2. The second kappa shape index (κ2) is 12.5. The van der Waals surface area contributed by atoms with Crippen LogP contribution in [0.15, 0.2) is 60.7 Å². The Bertz CT molecular complexity index is 842. The first-order valence-corrected chi connectivity index (χ1v) is 10.4. The van der Waals surface area contributed by atoms with Crippen molar-refractivity contribution in [2.24, 2.45) is 0 Å². The molecule has 0 aromatic heterocycles. The van der Waals surface area contributed by atoms with E-state index in [1.54, 1.807) is 13.8 Å². The van der Waals surface area contributed by atoms with Crippen molar-refractivity contribution in [3.05, 3.63) is 71.8 Å². The molecular weight excluding hydrogens is 396 g/mol. The van der Waals surface area contributed by atoms with Crippen molar-refractivity contribution in [3.63, 3.8) is 0 Å². The van der Waals surface area contributed by atoms with Crippen molar-refractivity contribution in [2.75, 3.05) is 13.2 Å². The van der Waals surface area contributed by atoms with Crippen molar-refractivity contribution < 1.29 is 24.2 Å². The third-order valence-corrected chi connectivity index (χ3v) is 4.81. The summed E-state index contributed by atoms with van der Waals surface area (Å²) in [6.07, 6.45) is 1.10. The van der Waals surface area contributed by atoms with Gasteiger partial charge in [-0.25, -0.2) is 0 Å². The molecule has 0 saturated carbocycles. The number of carboxylic acids is 1. The van der Waals surface area contributed by atoms with E-state index in [4.69, 9.17) is 4.74 Å². The number of aryl methyl sites for hydroxylation is 1. The Morgan fingerprint density at radius 3 is 2.13 bits per heavy atom. The standard InChI is InChI=1S/C24H30N2O5/c1-3-31-24(30)21(15-14-19-10-6-4-7-11-19)25-18(2)23(29)26(17-22(27)28)16-20-12-8-5-9-13-20/h4-13,18,21,25H,3,14-17H2,1-2H3,(H,27,28). The summed E-state index contributed by atoms with van der Waals surface area (Å²) in [5, 5.41) is 12.3. The zero-order chi connectivity index (χ0) is 22.6. The van der Waals surface area contributed by atoms with Gasteiger partial charge in [-0.3, -0.25) is 19.7 Å². The minimum Gasteiger partial charge on any atom is -0.480 e. The number of rotatable bonds is 12. The summed E-state index contributed by atoms with van der Waals surface area (Å²) in [6, 6.07) is 17.5. The average molecular weight is 427 g/mol. The Labute approximate surface area is 183 Å². The zero-order valence-corrected chi connectivity index (χ0v) is 18.0. The van der Waals surface area contributed by atoms with E-state index in [2.05, 4.69) is 5.32 Å². The van der Waals surface area contributed by atoms with Gasteiger partial charge in [-0.1, -0.05) is 60.7 Å². The molecule has 7 heteroatoms. The highest BCUT2D eigenvalue weighted by atomic mass is 16.5. The van der Waals surface area contributed by atoms with E-state index < -0.39 is 30.6 Å². The van der Waals surface area contributed by atoms with E-state index in [-0.39, 0.29) is 19.1 Å². The molecule has 2 aromatic rings. The van der Waals surface area contributed by atoms with Crippen LogP contribution in [0.25, 0.3) is 0 Å². The van der Waals surface area contributed by atoms with E-state index >= 15 is 0 Å². The second-order valence-corrected chi connectivity index (χ2v) is 7.29. The Morgan fingerprint density at radius 2 is 1.58 bits per heavy atom. The molecule has 0 aliphatic carbocycles. The molecule has 166 valence electrons. The molecular formula is C24H30N2O5. The van der Waals surface area contributed by atoms with Gasteiger partial charge in [-0.05, 0) is 37.8 Å². The maximum absolute atomic E-state index is 13.0. The number of carboxylic acid groups (broad SMARTS) is 1. The van der Waals surface area contributed by atoms with Gasteiger partial charge in [0.15, 0.2) is 0 Å². The summed E-state index contributed by atoms with van der Waals surface area (Å²) < 4.78 is 5.17. The first-order valence-electron chi connectivity index (χ1n) is 10.4. The molecule has 0 radical (unpaired) electrons. The lowest BCUT2D eigenvalue weighted by Gasteiger charge is -2.27. The summed E-state index contributed by atoms with van der Waals surface area (Å²) >= 11 is 0. The minimum atomic E-state index is -1.09. The number of carbonyl (C=O) groups is 3. The monoisotopic (exact) mass is 426 g/mol. The predicted octanol–water partition coefficient (Wildman–Crippen LogP) is 2.64. The molecule has 0 fully saturated rings. The number of nitrogens with one attached hydrogen (secondary N) is 1. The Hall–Kier alpha value is -3.19. The van der Waals surface area contributed by atoms with Crippen LogP contribution in [0, 0.1) is 0 Å². The summed E-state index contributed by atoms with van der Waals surface area (Å²) in [6.45, 7) is 3.36. The van der Waals surface area contributed by atoms with Crippen molar-refractivity contribution in [2.45, 2.75) is 45.3 Å². The first kappa shape index (κ1) is 24.1. The van der Waals surface area contributed by atoms with Crippen molar-refractivity contribution in [1.82, 2.24) is 10.2 Å². The fraction of sp³-hybridized carbons (Fsp3) is 0.375. The molecule has 0 aliphatic heterocycles. The number of benzene rings is 2. The lowest BCUT2D eigenvalue weighted by molar-refractivity contribution is -0.148. The first-order chi connectivity index (χ1) is 14.9. The number of ether oxygens (including phenoxy) is 1. The van der Waals surface area contributed by atoms with E-state index in [0.717, 1.165) is 11.1 Å². The number of esters is 1. The van der Waals surface area contributed by atoms with Gasteiger partial charge in [0.05, 0.1) is 12.6 Å². The molecule has 0 saturated heterocycles. The number of hydrogen-bond acceptors (Lipinski definition) is 5.